The van der Waals surface area contributed by atoms with Crippen LogP contribution < -0.4 is 16.2 Å². The van der Waals surface area contributed by atoms with Crippen molar-refractivity contribution in [3.05, 3.63) is 51.9 Å². The van der Waals surface area contributed by atoms with Crippen LogP contribution in [-0.2, 0) is 0 Å². The molecule has 6 nitrogen and oxygen atoms in total. The van der Waals surface area contributed by atoms with Gasteiger partial charge < -0.3 is 10.6 Å². The predicted octanol–water partition coefficient (Wildman–Crippen LogP) is 1.77. The van der Waals surface area contributed by atoms with Crippen LogP contribution in [0.15, 0.2) is 35.1 Å². The molecule has 1 amide bonds. The number of aromatic amines is 1. The fourth-order valence-electron chi connectivity index (χ4n) is 2.89. The summed E-state index contributed by atoms with van der Waals surface area (Å²) in [6, 6.07) is 9.22. The van der Waals surface area contributed by atoms with Gasteiger partial charge in [-0.05, 0) is 45.4 Å². The Labute approximate surface area is 147 Å². The smallest absolute Gasteiger partial charge is 0.271 e. The molecule has 130 valence electrons. The molecule has 2 unspecified atom stereocenters. The fourth-order valence-corrected chi connectivity index (χ4v) is 2.89. The van der Waals surface area contributed by atoms with E-state index in [9.17, 15) is 9.59 Å². The maximum Gasteiger partial charge on any atom is 0.271 e. The summed E-state index contributed by atoms with van der Waals surface area (Å²) in [5.41, 5.74) is 1.87. The number of benzene rings is 1. The number of carbonyl (C=O) groups excluding carboxylic acids is 1. The molecule has 2 heterocycles. The molecule has 0 spiro atoms. The summed E-state index contributed by atoms with van der Waals surface area (Å²) in [7, 11) is 0. The second kappa shape index (κ2) is 7.68. The zero-order chi connectivity index (χ0) is 16.4. The molecule has 1 saturated heterocycles. The van der Waals surface area contributed by atoms with Crippen LogP contribution in [0.5, 0.6) is 0 Å². The molecule has 1 aliphatic rings. The van der Waals surface area contributed by atoms with E-state index in [1.54, 1.807) is 0 Å². The van der Waals surface area contributed by atoms with E-state index in [2.05, 4.69) is 22.7 Å². The molecule has 2 aromatic rings. The number of aryl methyl sites for hydroxylation is 1. The van der Waals surface area contributed by atoms with Crippen molar-refractivity contribution in [1.82, 2.24) is 20.4 Å². The van der Waals surface area contributed by atoms with Gasteiger partial charge in [0.1, 0.15) is 5.69 Å². The van der Waals surface area contributed by atoms with Gasteiger partial charge in [-0.2, -0.15) is 0 Å². The zero-order valence-corrected chi connectivity index (χ0v) is 14.7. The van der Waals surface area contributed by atoms with Crippen LogP contribution in [-0.4, -0.2) is 34.3 Å². The highest BCUT2D eigenvalue weighted by atomic mass is 35.5. The summed E-state index contributed by atoms with van der Waals surface area (Å²) in [6.07, 6.45) is 1.99. The lowest BCUT2D eigenvalue weighted by molar-refractivity contribution is 0.0914. The average Bonchev–Trinajstić information content (AvgIpc) is 2.92. The van der Waals surface area contributed by atoms with Gasteiger partial charge in [0.05, 0.1) is 5.69 Å². The summed E-state index contributed by atoms with van der Waals surface area (Å²) < 4.78 is 1.39. The van der Waals surface area contributed by atoms with E-state index >= 15 is 0 Å². The number of halogens is 1. The number of amides is 1. The number of nitrogens with one attached hydrogen (secondary N) is 3. The third-order valence-corrected chi connectivity index (χ3v) is 4.34. The Hall–Kier alpha value is -2.05. The third-order valence-electron chi connectivity index (χ3n) is 4.34. The molecule has 0 saturated carbocycles. The van der Waals surface area contributed by atoms with Crippen molar-refractivity contribution < 1.29 is 4.79 Å². The monoisotopic (exact) mass is 350 g/mol. The highest BCUT2D eigenvalue weighted by Crippen LogP contribution is 2.10. The maximum atomic E-state index is 12.4. The Balaban J connectivity index is 0.00000208. The first-order chi connectivity index (χ1) is 11.0. The summed E-state index contributed by atoms with van der Waals surface area (Å²) in [4.78, 5) is 24.5. The molecule has 1 aromatic carbocycles. The SMILES string of the molecule is Cc1ccc(-n2[nH]c(C(=O)NC3CCCNC3C)cc2=O)cc1.Cl. The van der Waals surface area contributed by atoms with Crippen LogP contribution >= 0.6 is 12.4 Å². The molecule has 0 bridgehead atoms. The minimum Gasteiger partial charge on any atom is -0.346 e. The van der Waals surface area contributed by atoms with Crippen molar-refractivity contribution in [3.63, 3.8) is 0 Å². The quantitative estimate of drug-likeness (QED) is 0.789. The molecule has 24 heavy (non-hydrogen) atoms. The normalized spacial score (nSPS) is 20.2. The van der Waals surface area contributed by atoms with E-state index in [1.165, 1.54) is 10.7 Å². The average molecular weight is 351 g/mol. The molecule has 0 aliphatic carbocycles. The lowest BCUT2D eigenvalue weighted by Gasteiger charge is -2.30. The van der Waals surface area contributed by atoms with Crippen LogP contribution in [0.1, 0.15) is 35.8 Å². The van der Waals surface area contributed by atoms with Gasteiger partial charge in [0.15, 0.2) is 0 Å². The predicted molar refractivity (Wildman–Crippen MR) is 96.3 cm³/mol. The third kappa shape index (κ3) is 3.88. The van der Waals surface area contributed by atoms with Gasteiger partial charge in [0.2, 0.25) is 0 Å². The van der Waals surface area contributed by atoms with Crippen LogP contribution in [0.25, 0.3) is 5.69 Å². The molecule has 1 fully saturated rings. The van der Waals surface area contributed by atoms with E-state index in [0.29, 0.717) is 5.69 Å². The Bertz CT molecular complexity index is 751. The van der Waals surface area contributed by atoms with Gasteiger partial charge in [-0.1, -0.05) is 17.7 Å². The Morgan fingerprint density at radius 3 is 2.67 bits per heavy atom. The molecular formula is C17H23ClN4O2. The van der Waals surface area contributed by atoms with E-state index < -0.39 is 0 Å². The molecule has 1 aromatic heterocycles. The lowest BCUT2D eigenvalue weighted by Crippen LogP contribution is -2.52. The molecule has 2 atom stereocenters. The van der Waals surface area contributed by atoms with Crippen LogP contribution in [0.2, 0.25) is 0 Å². The first kappa shape index (κ1) is 18.3. The highest BCUT2D eigenvalue weighted by Gasteiger charge is 2.23. The Morgan fingerprint density at radius 2 is 2.00 bits per heavy atom. The van der Waals surface area contributed by atoms with Crippen molar-refractivity contribution in [3.8, 4) is 5.69 Å². The topological polar surface area (TPSA) is 78.9 Å². The molecule has 1 aliphatic heterocycles. The first-order valence-corrected chi connectivity index (χ1v) is 7.98. The first-order valence-electron chi connectivity index (χ1n) is 7.98. The fraction of sp³-hybridized carbons (Fsp3) is 0.412. The second-order valence-corrected chi connectivity index (χ2v) is 6.14. The van der Waals surface area contributed by atoms with Gasteiger partial charge in [-0.3, -0.25) is 14.7 Å². The van der Waals surface area contributed by atoms with Gasteiger partial charge in [0, 0.05) is 18.2 Å². The number of aromatic nitrogens is 2. The number of hydrogen-bond donors (Lipinski definition) is 3. The van der Waals surface area contributed by atoms with Gasteiger partial charge in [-0.15, -0.1) is 12.4 Å². The van der Waals surface area contributed by atoms with Crippen molar-refractivity contribution in [2.75, 3.05) is 6.54 Å². The lowest BCUT2D eigenvalue weighted by atomic mass is 10.00. The van der Waals surface area contributed by atoms with E-state index in [-0.39, 0.29) is 41.7 Å². The van der Waals surface area contributed by atoms with Crippen molar-refractivity contribution >= 4 is 18.3 Å². The van der Waals surface area contributed by atoms with Crippen LogP contribution in [0.3, 0.4) is 0 Å². The molecule has 3 N–H and O–H groups in total. The number of rotatable bonds is 3. The minimum absolute atomic E-state index is 0. The van der Waals surface area contributed by atoms with Crippen molar-refractivity contribution in [2.24, 2.45) is 0 Å². The van der Waals surface area contributed by atoms with Gasteiger partial charge in [0.25, 0.3) is 11.5 Å². The maximum absolute atomic E-state index is 12.4. The van der Waals surface area contributed by atoms with Crippen molar-refractivity contribution in [2.45, 2.75) is 38.8 Å². The standard InChI is InChI=1S/C17H22N4O2.ClH/c1-11-5-7-13(8-6-11)21-16(22)10-15(20-21)17(23)19-14-4-3-9-18-12(14)2;/h5-8,10,12,14,18,20H,3-4,9H2,1-2H3,(H,19,23);1H. The Kier molecular flexibility index (Phi) is 5.85. The largest absolute Gasteiger partial charge is 0.346 e. The Morgan fingerprint density at radius 1 is 1.29 bits per heavy atom. The molecule has 3 rings (SSSR count). The van der Waals surface area contributed by atoms with E-state index in [1.807, 2.05) is 31.2 Å². The number of H-pyrrole nitrogens is 1. The number of hydrogen-bond acceptors (Lipinski definition) is 3. The highest BCUT2D eigenvalue weighted by molar-refractivity contribution is 5.92. The van der Waals surface area contributed by atoms with Crippen LogP contribution in [0.4, 0.5) is 0 Å². The summed E-state index contributed by atoms with van der Waals surface area (Å²) >= 11 is 0. The molecular weight excluding hydrogens is 328 g/mol. The van der Waals surface area contributed by atoms with Crippen molar-refractivity contribution in [1.29, 1.82) is 0 Å². The van der Waals surface area contributed by atoms with Gasteiger partial charge >= 0.3 is 0 Å². The van der Waals surface area contributed by atoms with E-state index in [0.717, 1.165) is 24.9 Å². The molecule has 7 heteroatoms. The summed E-state index contributed by atoms with van der Waals surface area (Å²) in [5, 5.41) is 9.24. The molecule has 0 radical (unpaired) electrons. The van der Waals surface area contributed by atoms with Gasteiger partial charge in [-0.25, -0.2) is 4.68 Å². The minimum atomic E-state index is -0.242. The zero-order valence-electron chi connectivity index (χ0n) is 13.8. The second-order valence-electron chi connectivity index (χ2n) is 6.14. The van der Waals surface area contributed by atoms with Crippen LogP contribution in [0, 0.1) is 6.92 Å². The van der Waals surface area contributed by atoms with E-state index in [4.69, 9.17) is 0 Å². The number of piperidine rings is 1. The summed E-state index contributed by atoms with van der Waals surface area (Å²) in [6.45, 7) is 5.03. The summed E-state index contributed by atoms with van der Waals surface area (Å²) in [5.74, 6) is -0.242. The number of carbonyl (C=O) groups is 1. The number of nitrogens with zero attached hydrogens (tertiary/aromatic N) is 1.